The van der Waals surface area contributed by atoms with Crippen LogP contribution in [0.15, 0.2) is 41.2 Å². The van der Waals surface area contributed by atoms with Crippen LogP contribution < -0.4 is 10.9 Å². The molecule has 174 valence electrons. The van der Waals surface area contributed by atoms with Gasteiger partial charge in [-0.15, -0.1) is 0 Å². The zero-order chi connectivity index (χ0) is 23.4. The molecule has 8 nitrogen and oxygen atoms in total. The Morgan fingerprint density at radius 2 is 2.06 bits per heavy atom. The van der Waals surface area contributed by atoms with Crippen molar-refractivity contribution in [2.45, 2.75) is 48.8 Å². The summed E-state index contributed by atoms with van der Waals surface area (Å²) in [6.45, 7) is 2.02. The van der Waals surface area contributed by atoms with Gasteiger partial charge in [0.05, 0.1) is 0 Å². The van der Waals surface area contributed by atoms with Crippen molar-refractivity contribution in [3.05, 3.63) is 63.4 Å². The van der Waals surface area contributed by atoms with E-state index in [4.69, 9.17) is 14.5 Å². The van der Waals surface area contributed by atoms with Crippen molar-refractivity contribution in [1.82, 2.24) is 14.9 Å². The zero-order valence-electron chi connectivity index (χ0n) is 18.3. The van der Waals surface area contributed by atoms with Gasteiger partial charge in [-0.3, -0.25) is 0 Å². The van der Waals surface area contributed by atoms with E-state index in [1.165, 1.54) is 0 Å². The van der Waals surface area contributed by atoms with Crippen LogP contribution in [0.3, 0.4) is 0 Å². The first-order valence-corrected chi connectivity index (χ1v) is 17.8. The van der Waals surface area contributed by atoms with Crippen LogP contribution in [0.25, 0.3) is 22.3 Å². The van der Waals surface area contributed by atoms with Crippen LogP contribution in [0, 0.1) is 0 Å². The molecule has 10 heteroatoms. The second-order valence-electron chi connectivity index (χ2n) is 8.56. The predicted octanol–water partition coefficient (Wildman–Crippen LogP) is 2.36. The molecule has 6 rings (SSSR count). The monoisotopic (exact) mass is 591 g/mol. The van der Waals surface area contributed by atoms with E-state index in [1.807, 2.05) is 30.3 Å². The minimum absolute atomic E-state index is 0.0930. The van der Waals surface area contributed by atoms with E-state index >= 15 is 0 Å². The van der Waals surface area contributed by atoms with Crippen LogP contribution in [-0.4, -0.2) is 53.9 Å². The summed E-state index contributed by atoms with van der Waals surface area (Å²) in [6, 6.07) is 11.7. The first kappa shape index (κ1) is 21.9. The average Bonchev–Trinajstić information content (AvgIpc) is 3.47. The molecule has 3 aliphatic rings. The Morgan fingerprint density at radius 3 is 2.85 bits per heavy atom. The molecule has 0 radical (unpaired) electrons. The molecule has 5 heterocycles. The summed E-state index contributed by atoms with van der Waals surface area (Å²) in [5, 5.41) is 5.87. The quantitative estimate of drug-likeness (QED) is 0.291. The van der Waals surface area contributed by atoms with Crippen LogP contribution in [0.5, 0.6) is 0 Å². The van der Waals surface area contributed by atoms with Crippen molar-refractivity contribution in [1.29, 1.82) is 0 Å². The van der Waals surface area contributed by atoms with Gasteiger partial charge in [0.2, 0.25) is 0 Å². The number of amides is 1. The van der Waals surface area contributed by atoms with Crippen LogP contribution in [0.4, 0.5) is 4.79 Å². The van der Waals surface area contributed by atoms with Crippen molar-refractivity contribution in [3.8, 4) is 11.4 Å². The molecular formula is C24H21N3O5Se2. The number of hydrogen-bond acceptors (Lipinski definition) is 6. The number of nitrogens with zero attached hydrogens (tertiary/aromatic N) is 2. The molecule has 3 aliphatic heterocycles. The molecule has 0 bridgehead atoms. The first-order valence-electron chi connectivity index (χ1n) is 11.1. The molecular weight excluding hydrogens is 568 g/mol. The molecule has 1 atom stereocenters. The second kappa shape index (κ2) is 8.24. The van der Waals surface area contributed by atoms with E-state index < -0.39 is 17.7 Å². The Labute approximate surface area is 206 Å². The predicted molar refractivity (Wildman–Crippen MR) is 127 cm³/mol. The summed E-state index contributed by atoms with van der Waals surface area (Å²) in [5.41, 5.74) is 1.95. The van der Waals surface area contributed by atoms with Crippen LogP contribution in [-0.2, 0) is 33.0 Å². The molecule has 1 amide bonds. The topological polar surface area (TPSA) is 99.5 Å². The zero-order valence-corrected chi connectivity index (χ0v) is 21.8. The summed E-state index contributed by atoms with van der Waals surface area (Å²) >= 11 is 1.17. The third-order valence-corrected chi connectivity index (χ3v) is 14.0. The van der Waals surface area contributed by atoms with Gasteiger partial charge in [0, 0.05) is 5.39 Å². The molecule has 1 fully saturated rings. The Kier molecular flexibility index (Phi) is 5.30. The average molecular weight is 589 g/mol. The van der Waals surface area contributed by atoms with Crippen molar-refractivity contribution in [2.75, 3.05) is 0 Å². The molecule has 1 saturated heterocycles. The number of carbonyl (C=O) groups is 2. The van der Waals surface area contributed by atoms with Gasteiger partial charge in [-0.1, -0.05) is 18.2 Å². The van der Waals surface area contributed by atoms with Crippen molar-refractivity contribution in [3.63, 3.8) is 0 Å². The fourth-order valence-corrected chi connectivity index (χ4v) is 13.2. The molecule has 2 aromatic heterocycles. The molecule has 34 heavy (non-hydrogen) atoms. The number of nitrogens with one attached hydrogen (secondary N) is 1. The third-order valence-electron chi connectivity index (χ3n) is 6.60. The first-order chi connectivity index (χ1) is 16.5. The SMILES string of the molecule is CC[C@@]1(OC(=O)NC2C[Se][Se]C2)C(=O)OCc2c1cc1n(c2=O)Cc2cc3ccccc3nc2-1. The van der Waals surface area contributed by atoms with Gasteiger partial charge in [-0.2, -0.15) is 0 Å². The normalized spacial score (nSPS) is 21.0. The van der Waals surface area contributed by atoms with Crippen LogP contribution >= 0.6 is 0 Å². The number of esters is 1. The number of cyclic esters (lactones) is 1. The van der Waals surface area contributed by atoms with Crippen molar-refractivity contribution < 1.29 is 19.1 Å². The standard InChI is InChI=1S/C24H21N3O5Se2/c1-2-24(32-23(30)25-15-11-33-34-12-15)17-8-19-20-14(7-13-5-3-4-6-18(13)26-20)9-27(19)21(28)16(17)10-31-22(24)29/h3-8,15H,2,9-12H2,1H3,(H,25,30)/t24-/m0/s1. The van der Waals surface area contributed by atoms with E-state index in [1.54, 1.807) is 17.6 Å². The fraction of sp³-hybridized carbons (Fsp3) is 0.333. The van der Waals surface area contributed by atoms with Gasteiger partial charge >= 0.3 is 177 Å². The van der Waals surface area contributed by atoms with Gasteiger partial charge in [0.25, 0.3) is 0 Å². The Morgan fingerprint density at radius 1 is 1.26 bits per heavy atom. The molecule has 1 aromatic carbocycles. The summed E-state index contributed by atoms with van der Waals surface area (Å²) in [7, 11) is 0. The van der Waals surface area contributed by atoms with Gasteiger partial charge < -0.3 is 0 Å². The van der Waals surface area contributed by atoms with Crippen molar-refractivity contribution in [2.24, 2.45) is 0 Å². The number of ether oxygens (including phenoxy) is 2. The van der Waals surface area contributed by atoms with E-state index in [9.17, 15) is 14.4 Å². The summed E-state index contributed by atoms with van der Waals surface area (Å²) in [5.74, 6) is -0.647. The van der Waals surface area contributed by atoms with Gasteiger partial charge in [-0.25, -0.2) is 0 Å². The summed E-state index contributed by atoms with van der Waals surface area (Å²) in [6.07, 6.45) is -0.485. The molecule has 1 N–H and O–H groups in total. The maximum absolute atomic E-state index is 13.5. The third kappa shape index (κ3) is 3.32. The van der Waals surface area contributed by atoms with Crippen molar-refractivity contribution >= 4 is 49.2 Å². The number of pyridine rings is 2. The minimum atomic E-state index is -1.67. The van der Waals surface area contributed by atoms with Crippen LogP contribution in [0.2, 0.25) is 10.6 Å². The number of hydrogen-bond donors (Lipinski definition) is 1. The molecule has 0 aliphatic carbocycles. The Bertz CT molecular complexity index is 1420. The van der Waals surface area contributed by atoms with E-state index in [2.05, 4.69) is 5.32 Å². The molecule has 3 aromatic rings. The van der Waals surface area contributed by atoms with E-state index in [0.717, 1.165) is 27.1 Å². The Balaban J connectivity index is 1.47. The fourth-order valence-electron chi connectivity index (χ4n) is 4.83. The van der Waals surface area contributed by atoms with E-state index in [-0.39, 0.29) is 24.6 Å². The van der Waals surface area contributed by atoms with Gasteiger partial charge in [0.15, 0.2) is 0 Å². The second-order valence-corrected chi connectivity index (χ2v) is 16.1. The number of aromatic nitrogens is 2. The molecule has 0 saturated carbocycles. The summed E-state index contributed by atoms with van der Waals surface area (Å²) in [4.78, 5) is 44.2. The summed E-state index contributed by atoms with van der Waals surface area (Å²) < 4.78 is 12.9. The number of carbonyl (C=O) groups excluding carboxylic acids is 2. The molecule has 0 spiro atoms. The number of rotatable bonds is 3. The Hall–Kier alpha value is -2.64. The van der Waals surface area contributed by atoms with Gasteiger partial charge in [-0.05, 0) is 6.07 Å². The van der Waals surface area contributed by atoms with Gasteiger partial charge in [0.1, 0.15) is 0 Å². The maximum atomic E-state index is 13.5. The number of benzene rings is 1. The number of para-hydroxylation sites is 1. The van der Waals surface area contributed by atoms with Crippen LogP contribution in [0.1, 0.15) is 30.0 Å². The number of alkyl carbamates (subject to hydrolysis) is 1. The number of fused-ring (bicyclic) bond motifs is 5. The molecule has 0 unspecified atom stereocenters. The van der Waals surface area contributed by atoms with E-state index in [0.29, 0.717) is 55.3 Å².